The molecule has 2 nitrogen and oxygen atoms in total. The molecule has 0 aliphatic carbocycles. The van der Waals surface area contributed by atoms with Crippen molar-refractivity contribution in [2.75, 3.05) is 0 Å². The fourth-order valence-corrected chi connectivity index (χ4v) is 2.45. The summed E-state index contributed by atoms with van der Waals surface area (Å²) in [7, 11) is 0. The van der Waals surface area contributed by atoms with Crippen LogP contribution >= 0.6 is 0 Å². The van der Waals surface area contributed by atoms with Crippen LogP contribution in [0.5, 0.6) is 0 Å². The third kappa shape index (κ3) is 2.65. The minimum Gasteiger partial charge on any atom is -0.354 e. The first-order chi connectivity index (χ1) is 10.1. The highest BCUT2D eigenvalue weighted by Gasteiger charge is 2.14. The minimum absolute atomic E-state index is 0.0727. The van der Waals surface area contributed by atoms with E-state index in [1.807, 2.05) is 36.4 Å². The van der Waals surface area contributed by atoms with E-state index in [4.69, 9.17) is 0 Å². The maximum atomic E-state index is 11.9. The number of carbonyl (C=O) groups is 1. The standard InChI is InChI=1S/C19H17NO/c1-13-8-10-15(11-9-13)18-12-17(14(2)21)19(20-18)16-6-4-3-5-7-16/h3-12,20H,1-2H3. The summed E-state index contributed by atoms with van der Waals surface area (Å²) < 4.78 is 0. The van der Waals surface area contributed by atoms with Crippen LogP contribution in [-0.2, 0) is 0 Å². The number of nitrogens with one attached hydrogen (secondary N) is 1. The van der Waals surface area contributed by atoms with E-state index in [0.29, 0.717) is 0 Å². The Morgan fingerprint density at radius 3 is 2.19 bits per heavy atom. The van der Waals surface area contributed by atoms with Crippen LogP contribution in [0.2, 0.25) is 0 Å². The summed E-state index contributed by atoms with van der Waals surface area (Å²) >= 11 is 0. The molecule has 3 aromatic rings. The number of H-pyrrole nitrogens is 1. The lowest BCUT2D eigenvalue weighted by Gasteiger charge is -2.01. The second-order valence-electron chi connectivity index (χ2n) is 5.26. The number of aryl methyl sites for hydroxylation is 1. The van der Waals surface area contributed by atoms with Gasteiger partial charge in [0.05, 0.1) is 5.69 Å². The summed E-state index contributed by atoms with van der Waals surface area (Å²) in [6.07, 6.45) is 0. The molecule has 0 aliphatic heterocycles. The van der Waals surface area contributed by atoms with E-state index in [2.05, 4.69) is 36.2 Å². The van der Waals surface area contributed by atoms with E-state index in [9.17, 15) is 4.79 Å². The predicted octanol–water partition coefficient (Wildman–Crippen LogP) is 4.86. The molecule has 0 saturated carbocycles. The van der Waals surface area contributed by atoms with Crippen molar-refractivity contribution in [3.05, 3.63) is 71.8 Å². The van der Waals surface area contributed by atoms with Gasteiger partial charge in [-0.3, -0.25) is 4.79 Å². The molecule has 3 rings (SSSR count). The van der Waals surface area contributed by atoms with Crippen molar-refractivity contribution >= 4 is 5.78 Å². The molecule has 0 bridgehead atoms. The van der Waals surface area contributed by atoms with Gasteiger partial charge in [-0.25, -0.2) is 0 Å². The molecule has 104 valence electrons. The largest absolute Gasteiger partial charge is 0.354 e. The topological polar surface area (TPSA) is 32.9 Å². The van der Waals surface area contributed by atoms with Crippen LogP contribution in [0.3, 0.4) is 0 Å². The third-order valence-corrected chi connectivity index (χ3v) is 3.62. The molecule has 1 N–H and O–H groups in total. The van der Waals surface area contributed by atoms with E-state index < -0.39 is 0 Å². The highest BCUT2D eigenvalue weighted by atomic mass is 16.1. The number of aromatic amines is 1. The number of ketones is 1. The van der Waals surface area contributed by atoms with Gasteiger partial charge in [-0.05, 0) is 31.0 Å². The van der Waals surface area contributed by atoms with Gasteiger partial charge >= 0.3 is 0 Å². The molecule has 0 aliphatic rings. The average molecular weight is 275 g/mol. The molecule has 0 amide bonds. The van der Waals surface area contributed by atoms with Crippen molar-refractivity contribution in [1.82, 2.24) is 4.98 Å². The van der Waals surface area contributed by atoms with Gasteiger partial charge in [-0.2, -0.15) is 0 Å². The Morgan fingerprint density at radius 1 is 0.905 bits per heavy atom. The summed E-state index contributed by atoms with van der Waals surface area (Å²) in [5.74, 6) is 0.0727. The molecule has 0 saturated heterocycles. The molecule has 0 unspecified atom stereocenters. The van der Waals surface area contributed by atoms with Gasteiger partial charge in [0.25, 0.3) is 0 Å². The van der Waals surface area contributed by atoms with E-state index in [-0.39, 0.29) is 5.78 Å². The molecule has 0 radical (unpaired) electrons. The number of Topliss-reactive ketones (excluding diaryl/α,β-unsaturated/α-hetero) is 1. The Kier molecular flexibility index (Phi) is 3.44. The van der Waals surface area contributed by atoms with Gasteiger partial charge in [0.2, 0.25) is 0 Å². The number of hydrogen-bond donors (Lipinski definition) is 1. The molecule has 0 atom stereocenters. The zero-order valence-electron chi connectivity index (χ0n) is 12.2. The third-order valence-electron chi connectivity index (χ3n) is 3.62. The maximum absolute atomic E-state index is 11.9. The van der Waals surface area contributed by atoms with Crippen molar-refractivity contribution in [1.29, 1.82) is 0 Å². The highest BCUT2D eigenvalue weighted by molar-refractivity contribution is 6.01. The van der Waals surface area contributed by atoms with Gasteiger partial charge in [-0.1, -0.05) is 60.2 Å². The molecule has 0 spiro atoms. The summed E-state index contributed by atoms with van der Waals surface area (Å²) in [4.78, 5) is 15.3. The number of hydrogen-bond acceptors (Lipinski definition) is 1. The Hall–Kier alpha value is -2.61. The Bertz CT molecular complexity index is 767. The van der Waals surface area contributed by atoms with Crippen LogP contribution < -0.4 is 0 Å². The average Bonchev–Trinajstić information content (AvgIpc) is 2.94. The van der Waals surface area contributed by atoms with Gasteiger partial charge in [-0.15, -0.1) is 0 Å². The molecule has 1 heterocycles. The first kappa shape index (κ1) is 13.4. The summed E-state index contributed by atoms with van der Waals surface area (Å²) in [6, 6.07) is 20.2. The Morgan fingerprint density at radius 2 is 1.57 bits per heavy atom. The maximum Gasteiger partial charge on any atom is 0.161 e. The molecular weight excluding hydrogens is 258 g/mol. The predicted molar refractivity (Wildman–Crippen MR) is 86.4 cm³/mol. The summed E-state index contributed by atoms with van der Waals surface area (Å²) in [5.41, 5.74) is 5.93. The number of aromatic nitrogens is 1. The van der Waals surface area contributed by atoms with Crippen LogP contribution in [-0.4, -0.2) is 10.8 Å². The smallest absolute Gasteiger partial charge is 0.161 e. The van der Waals surface area contributed by atoms with E-state index >= 15 is 0 Å². The van der Waals surface area contributed by atoms with Crippen molar-refractivity contribution in [2.45, 2.75) is 13.8 Å². The molecule has 0 fully saturated rings. The Labute approximate surface area is 124 Å². The summed E-state index contributed by atoms with van der Waals surface area (Å²) in [6.45, 7) is 3.67. The second-order valence-corrected chi connectivity index (χ2v) is 5.26. The first-order valence-electron chi connectivity index (χ1n) is 7.01. The highest BCUT2D eigenvalue weighted by Crippen LogP contribution is 2.29. The van der Waals surface area contributed by atoms with Gasteiger partial charge in [0, 0.05) is 11.3 Å². The van der Waals surface area contributed by atoms with Gasteiger partial charge in [0.15, 0.2) is 5.78 Å². The fourth-order valence-electron chi connectivity index (χ4n) is 2.45. The number of carbonyl (C=O) groups excluding carboxylic acids is 1. The Balaban J connectivity index is 2.13. The normalized spacial score (nSPS) is 10.6. The second kappa shape index (κ2) is 5.41. The van der Waals surface area contributed by atoms with Crippen LogP contribution in [0, 0.1) is 6.92 Å². The van der Waals surface area contributed by atoms with Crippen molar-refractivity contribution in [3.63, 3.8) is 0 Å². The van der Waals surface area contributed by atoms with Crippen LogP contribution in [0.25, 0.3) is 22.5 Å². The summed E-state index contributed by atoms with van der Waals surface area (Å²) in [5, 5.41) is 0. The van der Waals surface area contributed by atoms with E-state index in [0.717, 1.165) is 28.1 Å². The quantitative estimate of drug-likeness (QED) is 0.680. The lowest BCUT2D eigenvalue weighted by molar-refractivity contribution is 0.101. The number of rotatable bonds is 3. The monoisotopic (exact) mass is 275 g/mol. The van der Waals surface area contributed by atoms with Gasteiger partial charge in [0.1, 0.15) is 0 Å². The van der Waals surface area contributed by atoms with Crippen LogP contribution in [0.4, 0.5) is 0 Å². The SMILES string of the molecule is CC(=O)c1cc(-c2ccc(C)cc2)[nH]c1-c1ccccc1. The van der Waals surface area contributed by atoms with Crippen molar-refractivity contribution in [3.8, 4) is 22.5 Å². The number of benzene rings is 2. The lowest BCUT2D eigenvalue weighted by Crippen LogP contribution is -1.92. The fraction of sp³-hybridized carbons (Fsp3) is 0.105. The zero-order chi connectivity index (χ0) is 14.8. The lowest BCUT2D eigenvalue weighted by atomic mass is 10.1. The van der Waals surface area contributed by atoms with Gasteiger partial charge < -0.3 is 4.98 Å². The molecule has 2 aromatic carbocycles. The van der Waals surface area contributed by atoms with Crippen molar-refractivity contribution in [2.24, 2.45) is 0 Å². The molecule has 2 heteroatoms. The molecular formula is C19H17NO. The van der Waals surface area contributed by atoms with Crippen LogP contribution in [0.15, 0.2) is 60.7 Å². The van der Waals surface area contributed by atoms with Crippen LogP contribution in [0.1, 0.15) is 22.8 Å². The minimum atomic E-state index is 0.0727. The van der Waals surface area contributed by atoms with E-state index in [1.165, 1.54) is 5.56 Å². The molecule has 21 heavy (non-hydrogen) atoms. The zero-order valence-corrected chi connectivity index (χ0v) is 12.2. The first-order valence-corrected chi connectivity index (χ1v) is 7.01. The molecule has 1 aromatic heterocycles. The van der Waals surface area contributed by atoms with E-state index in [1.54, 1.807) is 6.92 Å². The van der Waals surface area contributed by atoms with Crippen molar-refractivity contribution < 1.29 is 4.79 Å².